The molecule has 0 aliphatic carbocycles. The molecular formula is C12H21F2NO3. The van der Waals surface area contributed by atoms with Crippen LogP contribution in [-0.2, 0) is 9.59 Å². The number of alkyl halides is 2. The fourth-order valence-electron chi connectivity index (χ4n) is 1.66. The highest BCUT2D eigenvalue weighted by molar-refractivity contribution is 5.84. The Bertz CT molecular complexity index is 272. The van der Waals surface area contributed by atoms with E-state index in [2.05, 4.69) is 5.32 Å². The molecule has 0 aromatic heterocycles. The van der Waals surface area contributed by atoms with Crippen molar-refractivity contribution < 1.29 is 23.5 Å². The Kier molecular flexibility index (Phi) is 8.24. The van der Waals surface area contributed by atoms with E-state index in [4.69, 9.17) is 5.11 Å². The van der Waals surface area contributed by atoms with Crippen molar-refractivity contribution in [2.45, 2.75) is 58.4 Å². The zero-order valence-electron chi connectivity index (χ0n) is 10.8. The smallest absolute Gasteiger partial charge is 0.326 e. The molecule has 2 N–H and O–H groups in total. The minimum absolute atomic E-state index is 0.301. The lowest BCUT2D eigenvalue weighted by molar-refractivity contribution is -0.143. The number of hydrogen-bond donors (Lipinski definition) is 2. The van der Waals surface area contributed by atoms with Gasteiger partial charge in [-0.15, -0.1) is 0 Å². The first-order chi connectivity index (χ1) is 8.42. The van der Waals surface area contributed by atoms with Gasteiger partial charge in [-0.1, -0.05) is 26.7 Å². The van der Waals surface area contributed by atoms with Gasteiger partial charge in [0.05, 0.1) is 0 Å². The van der Waals surface area contributed by atoms with E-state index >= 15 is 0 Å². The molecule has 0 aromatic carbocycles. The lowest BCUT2D eigenvalue weighted by atomic mass is 9.98. The van der Waals surface area contributed by atoms with Gasteiger partial charge in [-0.3, -0.25) is 4.79 Å². The summed E-state index contributed by atoms with van der Waals surface area (Å²) in [6.45, 7) is 3.81. The first-order valence-electron chi connectivity index (χ1n) is 6.23. The van der Waals surface area contributed by atoms with Crippen molar-refractivity contribution in [2.75, 3.05) is 0 Å². The third-order valence-corrected chi connectivity index (χ3v) is 2.80. The van der Waals surface area contributed by atoms with Crippen LogP contribution in [0.5, 0.6) is 0 Å². The molecule has 0 fully saturated rings. The van der Waals surface area contributed by atoms with Crippen molar-refractivity contribution in [3.05, 3.63) is 0 Å². The van der Waals surface area contributed by atoms with Gasteiger partial charge in [-0.05, 0) is 12.8 Å². The highest BCUT2D eigenvalue weighted by Gasteiger charge is 2.26. The Morgan fingerprint density at radius 1 is 1.28 bits per heavy atom. The van der Waals surface area contributed by atoms with E-state index in [-0.39, 0.29) is 5.92 Å². The highest BCUT2D eigenvalue weighted by Crippen LogP contribution is 2.14. The fourth-order valence-corrected chi connectivity index (χ4v) is 1.66. The zero-order chi connectivity index (χ0) is 14.1. The predicted octanol–water partition coefficient (Wildman–Crippen LogP) is 2.43. The summed E-state index contributed by atoms with van der Waals surface area (Å²) in [5.41, 5.74) is 0. The second-order valence-corrected chi connectivity index (χ2v) is 4.27. The van der Waals surface area contributed by atoms with E-state index < -0.39 is 30.8 Å². The third kappa shape index (κ3) is 6.51. The Morgan fingerprint density at radius 3 is 2.28 bits per heavy atom. The lowest BCUT2D eigenvalue weighted by Crippen LogP contribution is -2.44. The van der Waals surface area contributed by atoms with Gasteiger partial charge in [-0.2, -0.15) is 0 Å². The Morgan fingerprint density at radius 2 is 1.89 bits per heavy atom. The van der Waals surface area contributed by atoms with Gasteiger partial charge in [0.2, 0.25) is 12.3 Å². The van der Waals surface area contributed by atoms with E-state index in [1.165, 1.54) is 0 Å². The van der Waals surface area contributed by atoms with Crippen molar-refractivity contribution in [3.8, 4) is 0 Å². The molecule has 1 amide bonds. The summed E-state index contributed by atoms with van der Waals surface area (Å²) >= 11 is 0. The molecule has 18 heavy (non-hydrogen) atoms. The molecule has 0 rings (SSSR count). The molecule has 2 unspecified atom stereocenters. The zero-order valence-corrected chi connectivity index (χ0v) is 10.8. The van der Waals surface area contributed by atoms with Gasteiger partial charge in [0, 0.05) is 12.3 Å². The minimum Gasteiger partial charge on any atom is -0.480 e. The number of carbonyl (C=O) groups is 2. The summed E-state index contributed by atoms with van der Waals surface area (Å²) in [5, 5.41) is 10.9. The van der Waals surface area contributed by atoms with Gasteiger partial charge in [0.1, 0.15) is 6.04 Å². The Balaban J connectivity index is 4.41. The number of amides is 1. The van der Waals surface area contributed by atoms with Crippen LogP contribution in [0.3, 0.4) is 0 Å². The monoisotopic (exact) mass is 265 g/mol. The van der Waals surface area contributed by atoms with Crippen molar-refractivity contribution >= 4 is 11.9 Å². The van der Waals surface area contributed by atoms with Crippen LogP contribution < -0.4 is 5.32 Å². The van der Waals surface area contributed by atoms with E-state index in [1.807, 2.05) is 13.8 Å². The summed E-state index contributed by atoms with van der Waals surface area (Å²) in [6, 6.07) is -1.51. The van der Waals surface area contributed by atoms with Gasteiger partial charge in [0.25, 0.3) is 0 Å². The van der Waals surface area contributed by atoms with Crippen molar-refractivity contribution in [3.63, 3.8) is 0 Å². The van der Waals surface area contributed by atoms with Gasteiger partial charge < -0.3 is 10.4 Å². The number of nitrogens with one attached hydrogen (secondary N) is 1. The summed E-state index contributed by atoms with van der Waals surface area (Å²) in [6.07, 6.45) is -0.582. The SMILES string of the molecule is CCCCC(CC)C(=O)NC(CC(F)F)C(=O)O. The van der Waals surface area contributed by atoms with Crippen LogP contribution in [0.15, 0.2) is 0 Å². The minimum atomic E-state index is -2.75. The summed E-state index contributed by atoms with van der Waals surface area (Å²) in [7, 11) is 0. The van der Waals surface area contributed by atoms with Crippen molar-refractivity contribution in [2.24, 2.45) is 5.92 Å². The van der Waals surface area contributed by atoms with E-state index in [9.17, 15) is 18.4 Å². The average Bonchev–Trinajstić information content (AvgIpc) is 2.28. The molecule has 0 aliphatic heterocycles. The molecule has 0 spiro atoms. The van der Waals surface area contributed by atoms with Crippen molar-refractivity contribution in [1.29, 1.82) is 0 Å². The lowest BCUT2D eigenvalue weighted by Gasteiger charge is -2.19. The molecule has 106 valence electrons. The molecule has 0 aromatic rings. The van der Waals surface area contributed by atoms with Crippen LogP contribution in [0.25, 0.3) is 0 Å². The summed E-state index contributed by atoms with van der Waals surface area (Å²) in [4.78, 5) is 22.5. The van der Waals surface area contributed by atoms with Gasteiger partial charge >= 0.3 is 5.97 Å². The molecule has 6 heteroatoms. The van der Waals surface area contributed by atoms with Crippen LogP contribution >= 0.6 is 0 Å². The summed E-state index contributed by atoms with van der Waals surface area (Å²) in [5.74, 6) is -2.17. The average molecular weight is 265 g/mol. The van der Waals surface area contributed by atoms with Gasteiger partial charge in [0.15, 0.2) is 0 Å². The fraction of sp³-hybridized carbons (Fsp3) is 0.833. The molecule has 0 saturated heterocycles. The van der Waals surface area contributed by atoms with Crippen LogP contribution in [0.1, 0.15) is 46.0 Å². The number of aliphatic carboxylic acids is 1. The van der Waals surface area contributed by atoms with Gasteiger partial charge in [-0.25, -0.2) is 13.6 Å². The largest absolute Gasteiger partial charge is 0.480 e. The quantitative estimate of drug-likeness (QED) is 0.673. The number of carboxylic acid groups (broad SMARTS) is 1. The summed E-state index contributed by atoms with van der Waals surface area (Å²) < 4.78 is 24.3. The topological polar surface area (TPSA) is 66.4 Å². The molecule has 0 aliphatic rings. The van der Waals surface area contributed by atoms with Crippen LogP contribution in [-0.4, -0.2) is 29.5 Å². The van der Waals surface area contributed by atoms with E-state index in [0.717, 1.165) is 12.8 Å². The molecular weight excluding hydrogens is 244 g/mol. The maximum atomic E-state index is 12.2. The molecule has 0 heterocycles. The van der Waals surface area contributed by atoms with E-state index in [0.29, 0.717) is 12.8 Å². The standard InChI is InChI=1S/C12H21F2NO3/c1-3-5-6-8(4-2)11(16)15-9(12(17)18)7-10(13)14/h8-10H,3-7H2,1-2H3,(H,15,16)(H,17,18). The van der Waals surface area contributed by atoms with Crippen LogP contribution in [0.2, 0.25) is 0 Å². The Labute approximate surface area is 106 Å². The van der Waals surface area contributed by atoms with Crippen molar-refractivity contribution in [1.82, 2.24) is 5.32 Å². The number of carboxylic acids is 1. The molecule has 4 nitrogen and oxygen atoms in total. The molecule has 0 radical (unpaired) electrons. The maximum Gasteiger partial charge on any atom is 0.326 e. The molecule has 2 atom stereocenters. The second kappa shape index (κ2) is 8.83. The second-order valence-electron chi connectivity index (χ2n) is 4.27. The number of rotatable bonds is 9. The number of halogens is 2. The molecule has 0 bridgehead atoms. The third-order valence-electron chi connectivity index (χ3n) is 2.80. The van der Waals surface area contributed by atoms with Crippen LogP contribution in [0, 0.1) is 5.92 Å². The maximum absolute atomic E-state index is 12.2. The first kappa shape index (κ1) is 16.8. The Hall–Kier alpha value is -1.20. The first-order valence-corrected chi connectivity index (χ1v) is 6.23. The number of hydrogen-bond acceptors (Lipinski definition) is 2. The van der Waals surface area contributed by atoms with E-state index in [1.54, 1.807) is 0 Å². The highest BCUT2D eigenvalue weighted by atomic mass is 19.3. The number of carbonyl (C=O) groups excluding carboxylic acids is 1. The normalized spacial score (nSPS) is 14.3. The van der Waals surface area contributed by atoms with Crippen LogP contribution in [0.4, 0.5) is 8.78 Å². The molecule has 0 saturated carbocycles. The predicted molar refractivity (Wildman–Crippen MR) is 63.5 cm³/mol. The number of unbranched alkanes of at least 4 members (excludes halogenated alkanes) is 1.